The number of fused-ring (bicyclic) bond motifs is 1. The summed E-state index contributed by atoms with van der Waals surface area (Å²) in [5.74, 6) is 0.727. The Balaban J connectivity index is 1.65. The maximum Gasteiger partial charge on any atom is 0.223 e. The predicted octanol–water partition coefficient (Wildman–Crippen LogP) is 2.36. The van der Waals surface area contributed by atoms with Crippen molar-refractivity contribution >= 4 is 5.91 Å². The fourth-order valence-electron chi connectivity index (χ4n) is 3.73. The number of hydrogen-bond acceptors (Lipinski definition) is 4. The monoisotopic (exact) mass is 303 g/mol. The van der Waals surface area contributed by atoms with Crippen LogP contribution in [0.1, 0.15) is 74.5 Å². The van der Waals surface area contributed by atoms with Crippen molar-refractivity contribution in [3.8, 4) is 0 Å². The maximum absolute atomic E-state index is 12.3. The van der Waals surface area contributed by atoms with Crippen LogP contribution in [0.25, 0.3) is 0 Å². The van der Waals surface area contributed by atoms with E-state index in [2.05, 4.69) is 15.3 Å². The lowest BCUT2D eigenvalue weighted by Crippen LogP contribution is -2.40. The van der Waals surface area contributed by atoms with E-state index in [1.165, 1.54) is 0 Å². The molecule has 1 amide bonds. The molecule has 0 radical (unpaired) electrons. The Morgan fingerprint density at radius 3 is 2.91 bits per heavy atom. The first-order valence-electron chi connectivity index (χ1n) is 8.40. The number of amides is 1. The highest BCUT2D eigenvalue weighted by molar-refractivity contribution is 5.77. The highest BCUT2D eigenvalue weighted by Gasteiger charge is 2.33. The van der Waals surface area contributed by atoms with Gasteiger partial charge in [-0.05, 0) is 39.0 Å². The molecule has 0 aromatic carbocycles. The Labute approximate surface area is 131 Å². The zero-order valence-corrected chi connectivity index (χ0v) is 13.3. The quantitative estimate of drug-likeness (QED) is 0.899. The molecule has 3 rings (SSSR count). The summed E-state index contributed by atoms with van der Waals surface area (Å²) in [6.45, 7) is 1.89. The van der Waals surface area contributed by atoms with Crippen LogP contribution in [0, 0.1) is 6.92 Å². The van der Waals surface area contributed by atoms with E-state index in [4.69, 9.17) is 0 Å². The second kappa shape index (κ2) is 6.32. The maximum atomic E-state index is 12.3. The molecule has 0 spiro atoms. The second-order valence-electron chi connectivity index (χ2n) is 6.79. The molecular formula is C17H25N3O2. The predicted molar refractivity (Wildman–Crippen MR) is 83.2 cm³/mol. The summed E-state index contributed by atoms with van der Waals surface area (Å²) in [5.41, 5.74) is 1.30. The molecule has 1 atom stereocenters. The van der Waals surface area contributed by atoms with Crippen molar-refractivity contribution in [2.75, 3.05) is 0 Å². The first-order valence-corrected chi connectivity index (χ1v) is 8.40. The fraction of sp³-hybridized carbons (Fsp3) is 0.706. The van der Waals surface area contributed by atoms with Gasteiger partial charge in [0.2, 0.25) is 5.91 Å². The Morgan fingerprint density at radius 2 is 2.14 bits per heavy atom. The summed E-state index contributed by atoms with van der Waals surface area (Å²) in [6, 6.07) is -0.0101. The van der Waals surface area contributed by atoms with Crippen LogP contribution in [-0.4, -0.2) is 26.6 Å². The second-order valence-corrected chi connectivity index (χ2v) is 6.79. The van der Waals surface area contributed by atoms with Gasteiger partial charge in [0.1, 0.15) is 5.82 Å². The van der Waals surface area contributed by atoms with Crippen LogP contribution in [0.2, 0.25) is 0 Å². The van der Waals surface area contributed by atoms with Gasteiger partial charge in [-0.1, -0.05) is 19.3 Å². The van der Waals surface area contributed by atoms with Crippen LogP contribution in [0.15, 0.2) is 6.20 Å². The van der Waals surface area contributed by atoms with Gasteiger partial charge >= 0.3 is 0 Å². The molecule has 1 aromatic rings. The van der Waals surface area contributed by atoms with E-state index >= 15 is 0 Å². The van der Waals surface area contributed by atoms with Crippen LogP contribution >= 0.6 is 0 Å². The standard InChI is InChI=1S/C17H25N3O2/c1-12-18-11-13-14(19-12)6-5-7-15(13)20-16(21)10-17(22)8-3-2-4-9-17/h11,15,22H,2-10H2,1H3,(H,20,21)/t15-/m1/s1. The Kier molecular flexibility index (Phi) is 4.43. The number of carbonyl (C=O) groups excluding carboxylic acids is 1. The van der Waals surface area contributed by atoms with Crippen molar-refractivity contribution in [2.45, 2.75) is 76.4 Å². The lowest BCUT2D eigenvalue weighted by atomic mass is 9.82. The average Bonchev–Trinajstić information content (AvgIpc) is 2.47. The van der Waals surface area contributed by atoms with E-state index in [0.29, 0.717) is 0 Å². The minimum atomic E-state index is -0.802. The van der Waals surface area contributed by atoms with Gasteiger partial charge in [0, 0.05) is 17.5 Å². The van der Waals surface area contributed by atoms with Crippen LogP contribution in [-0.2, 0) is 11.2 Å². The van der Waals surface area contributed by atoms with Gasteiger partial charge in [0.05, 0.1) is 18.1 Å². The van der Waals surface area contributed by atoms with Gasteiger partial charge in [-0.3, -0.25) is 4.79 Å². The Bertz CT molecular complexity index is 553. The molecule has 5 nitrogen and oxygen atoms in total. The summed E-state index contributed by atoms with van der Waals surface area (Å²) in [4.78, 5) is 21.1. The van der Waals surface area contributed by atoms with Gasteiger partial charge < -0.3 is 10.4 Å². The number of nitrogens with one attached hydrogen (secondary N) is 1. The third-order valence-corrected chi connectivity index (χ3v) is 4.91. The van der Waals surface area contributed by atoms with Crippen LogP contribution in [0.3, 0.4) is 0 Å². The molecule has 2 aliphatic rings. The number of aliphatic hydroxyl groups is 1. The highest BCUT2D eigenvalue weighted by Crippen LogP contribution is 2.32. The van der Waals surface area contributed by atoms with E-state index in [-0.39, 0.29) is 18.4 Å². The van der Waals surface area contributed by atoms with Gasteiger partial charge in [-0.2, -0.15) is 0 Å². The molecule has 0 bridgehead atoms. The summed E-state index contributed by atoms with van der Waals surface area (Å²) >= 11 is 0. The number of rotatable bonds is 3. The molecule has 1 saturated carbocycles. The van der Waals surface area contributed by atoms with E-state index in [9.17, 15) is 9.90 Å². The first-order chi connectivity index (χ1) is 10.6. The molecule has 1 aromatic heterocycles. The number of aryl methyl sites for hydroxylation is 2. The summed E-state index contributed by atoms with van der Waals surface area (Å²) in [6.07, 6.45) is 9.64. The summed E-state index contributed by atoms with van der Waals surface area (Å²) in [7, 11) is 0. The lowest BCUT2D eigenvalue weighted by Gasteiger charge is -2.32. The SMILES string of the molecule is Cc1ncc2c(n1)CCC[C@H]2NC(=O)CC1(O)CCCCC1. The molecule has 22 heavy (non-hydrogen) atoms. The first kappa shape index (κ1) is 15.4. The van der Waals surface area contributed by atoms with Crippen molar-refractivity contribution in [2.24, 2.45) is 0 Å². The van der Waals surface area contributed by atoms with Crippen molar-refractivity contribution in [1.82, 2.24) is 15.3 Å². The van der Waals surface area contributed by atoms with Crippen LogP contribution in [0.4, 0.5) is 0 Å². The molecule has 2 aliphatic carbocycles. The molecule has 0 saturated heterocycles. The normalized spacial score (nSPS) is 23.6. The molecule has 1 heterocycles. The van der Waals surface area contributed by atoms with E-state index in [0.717, 1.165) is 68.4 Å². The molecular weight excluding hydrogens is 278 g/mol. The molecule has 2 N–H and O–H groups in total. The van der Waals surface area contributed by atoms with E-state index in [1.807, 2.05) is 13.1 Å². The van der Waals surface area contributed by atoms with Gasteiger partial charge in [-0.15, -0.1) is 0 Å². The van der Waals surface area contributed by atoms with E-state index < -0.39 is 5.60 Å². The van der Waals surface area contributed by atoms with Gasteiger partial charge in [0.25, 0.3) is 0 Å². The minimum Gasteiger partial charge on any atom is -0.389 e. The number of carbonyl (C=O) groups is 1. The number of aromatic nitrogens is 2. The van der Waals surface area contributed by atoms with Crippen molar-refractivity contribution in [3.05, 3.63) is 23.3 Å². The zero-order valence-electron chi connectivity index (χ0n) is 13.3. The van der Waals surface area contributed by atoms with E-state index in [1.54, 1.807) is 0 Å². The zero-order chi connectivity index (χ0) is 15.6. The summed E-state index contributed by atoms with van der Waals surface area (Å²) in [5, 5.41) is 13.6. The van der Waals surface area contributed by atoms with Crippen molar-refractivity contribution in [1.29, 1.82) is 0 Å². The minimum absolute atomic E-state index is 0.0101. The summed E-state index contributed by atoms with van der Waals surface area (Å²) < 4.78 is 0. The third kappa shape index (κ3) is 3.46. The van der Waals surface area contributed by atoms with Crippen LogP contribution in [0.5, 0.6) is 0 Å². The average molecular weight is 303 g/mol. The van der Waals surface area contributed by atoms with Crippen molar-refractivity contribution < 1.29 is 9.90 Å². The molecule has 120 valence electrons. The van der Waals surface area contributed by atoms with Gasteiger partial charge in [-0.25, -0.2) is 9.97 Å². The highest BCUT2D eigenvalue weighted by atomic mass is 16.3. The van der Waals surface area contributed by atoms with Gasteiger partial charge in [0.15, 0.2) is 0 Å². The topological polar surface area (TPSA) is 75.1 Å². The molecule has 5 heteroatoms. The molecule has 0 aliphatic heterocycles. The third-order valence-electron chi connectivity index (χ3n) is 4.91. The Hall–Kier alpha value is -1.49. The molecule has 0 unspecified atom stereocenters. The number of nitrogens with zero attached hydrogens (tertiary/aromatic N) is 2. The largest absolute Gasteiger partial charge is 0.389 e. The fourth-order valence-corrected chi connectivity index (χ4v) is 3.73. The number of hydrogen-bond donors (Lipinski definition) is 2. The van der Waals surface area contributed by atoms with Crippen LogP contribution < -0.4 is 5.32 Å². The Morgan fingerprint density at radius 1 is 1.36 bits per heavy atom. The molecule has 1 fully saturated rings. The van der Waals surface area contributed by atoms with Crippen molar-refractivity contribution in [3.63, 3.8) is 0 Å². The lowest BCUT2D eigenvalue weighted by molar-refractivity contribution is -0.128. The smallest absolute Gasteiger partial charge is 0.223 e.